The normalized spacial score (nSPS) is 21.1. The highest BCUT2D eigenvalue weighted by Crippen LogP contribution is 2.36. The fourth-order valence-corrected chi connectivity index (χ4v) is 6.20. The Kier molecular flexibility index (Phi) is 7.25. The second-order valence-electron chi connectivity index (χ2n) is 10.8. The average Bonchev–Trinajstić information content (AvgIpc) is 3.69. The fraction of sp³-hybridized carbons (Fsp3) is 0.290. The second-order valence-corrected chi connectivity index (χ2v) is 10.8. The molecule has 3 aliphatic heterocycles. The Morgan fingerprint density at radius 2 is 1.98 bits per heavy atom. The second kappa shape index (κ2) is 11.7. The van der Waals surface area contributed by atoms with Gasteiger partial charge in [-0.2, -0.15) is 10.2 Å². The summed E-state index contributed by atoms with van der Waals surface area (Å²) in [5.74, 6) is 7.00. The predicted molar refractivity (Wildman–Crippen MR) is 164 cm³/mol. The van der Waals surface area contributed by atoms with Crippen molar-refractivity contribution in [1.82, 2.24) is 40.2 Å². The van der Waals surface area contributed by atoms with E-state index in [1.165, 1.54) is 0 Å². The lowest BCUT2D eigenvalue weighted by molar-refractivity contribution is 0.0953. The molecule has 1 amide bonds. The number of phenolic OH excluding ortho intramolecular Hbond substituents is 1. The van der Waals surface area contributed by atoms with E-state index in [4.69, 9.17) is 10.7 Å². The Balaban J connectivity index is 1.03. The number of hydrogen-bond donors (Lipinski definition) is 4. The zero-order valence-corrected chi connectivity index (χ0v) is 23.8. The molecule has 0 radical (unpaired) electrons. The largest absolute Gasteiger partial charge is 0.507 e. The van der Waals surface area contributed by atoms with Crippen LogP contribution in [0.1, 0.15) is 41.1 Å². The highest BCUT2D eigenvalue weighted by atomic mass is 16.3. The van der Waals surface area contributed by atoms with Gasteiger partial charge in [0.2, 0.25) is 5.82 Å². The highest BCUT2D eigenvalue weighted by Gasteiger charge is 2.42. The minimum atomic E-state index is -0.441. The number of hydrazone groups is 1. The van der Waals surface area contributed by atoms with Crippen LogP contribution in [0.15, 0.2) is 77.9 Å². The van der Waals surface area contributed by atoms with E-state index < -0.39 is 6.17 Å². The Morgan fingerprint density at radius 1 is 1.09 bits per heavy atom. The van der Waals surface area contributed by atoms with Crippen LogP contribution < -0.4 is 21.4 Å². The third kappa shape index (κ3) is 5.27. The first-order valence-electron chi connectivity index (χ1n) is 14.6. The van der Waals surface area contributed by atoms with Crippen LogP contribution in [0, 0.1) is 11.8 Å². The molecule has 4 aromatic rings. The van der Waals surface area contributed by atoms with Gasteiger partial charge in [-0.15, -0.1) is 0 Å². The average molecular weight is 590 g/mol. The van der Waals surface area contributed by atoms with Crippen molar-refractivity contribution in [2.75, 3.05) is 24.5 Å². The number of phenols is 1. The van der Waals surface area contributed by atoms with E-state index in [2.05, 4.69) is 52.6 Å². The van der Waals surface area contributed by atoms with Gasteiger partial charge in [-0.1, -0.05) is 18.1 Å². The van der Waals surface area contributed by atoms with E-state index in [1.807, 2.05) is 24.3 Å². The van der Waals surface area contributed by atoms with Gasteiger partial charge in [0.05, 0.1) is 30.0 Å². The molecule has 13 heteroatoms. The number of allylic oxidation sites excluding steroid dienone is 1. The molecule has 5 N–H and O–H groups in total. The van der Waals surface area contributed by atoms with Crippen molar-refractivity contribution < 1.29 is 9.90 Å². The maximum atomic E-state index is 12.5. The lowest BCUT2D eigenvalue weighted by Crippen LogP contribution is -2.54. The first-order valence-corrected chi connectivity index (χ1v) is 14.6. The van der Waals surface area contributed by atoms with Gasteiger partial charge in [-0.3, -0.25) is 10.2 Å². The molecule has 3 aromatic heterocycles. The summed E-state index contributed by atoms with van der Waals surface area (Å²) in [5.41, 5.74) is 12.7. The first kappa shape index (κ1) is 27.4. The Hall–Kier alpha value is -5.48. The maximum absolute atomic E-state index is 12.5. The molecule has 3 aliphatic rings. The van der Waals surface area contributed by atoms with E-state index in [-0.39, 0.29) is 36.0 Å². The number of carbonyl (C=O) groups excluding carboxylic acids is 1. The van der Waals surface area contributed by atoms with Gasteiger partial charge in [0.1, 0.15) is 17.7 Å². The predicted octanol–water partition coefficient (Wildman–Crippen LogP) is 1.23. The molecule has 13 nitrogen and oxygen atoms in total. The molecule has 6 heterocycles. The monoisotopic (exact) mass is 589 g/mol. The van der Waals surface area contributed by atoms with Crippen LogP contribution in [-0.4, -0.2) is 84.1 Å². The van der Waals surface area contributed by atoms with Crippen LogP contribution in [0.5, 0.6) is 5.75 Å². The number of para-hydroxylation sites is 1. The van der Waals surface area contributed by atoms with Crippen molar-refractivity contribution in [3.8, 4) is 17.6 Å². The fourth-order valence-electron chi connectivity index (χ4n) is 6.20. The van der Waals surface area contributed by atoms with E-state index in [9.17, 15) is 9.90 Å². The molecule has 0 spiro atoms. The number of piperidine rings is 1. The third-order valence-corrected chi connectivity index (χ3v) is 8.19. The van der Waals surface area contributed by atoms with Crippen LogP contribution in [0.3, 0.4) is 0 Å². The summed E-state index contributed by atoms with van der Waals surface area (Å²) >= 11 is 0. The quantitative estimate of drug-likeness (QED) is 0.249. The zero-order valence-electron chi connectivity index (χ0n) is 23.8. The van der Waals surface area contributed by atoms with Crippen molar-refractivity contribution in [3.63, 3.8) is 0 Å². The number of benzene rings is 1. The molecule has 2 saturated heterocycles. The number of aromatic hydroxyl groups is 1. The molecule has 0 saturated carbocycles. The summed E-state index contributed by atoms with van der Waals surface area (Å²) < 4.78 is 1.55. The molecule has 7 rings (SSSR count). The Labute approximate surface area is 253 Å². The molecule has 0 bridgehead atoms. The van der Waals surface area contributed by atoms with Gasteiger partial charge in [-0.05, 0) is 55.5 Å². The minimum absolute atomic E-state index is 0.131. The van der Waals surface area contributed by atoms with Crippen LogP contribution >= 0.6 is 0 Å². The summed E-state index contributed by atoms with van der Waals surface area (Å²) in [5, 5.41) is 21.8. The number of nitrogens with two attached hydrogens (primary N) is 1. The number of hydrogen-bond acceptors (Lipinski definition) is 11. The van der Waals surface area contributed by atoms with Gasteiger partial charge in [-0.25, -0.2) is 19.5 Å². The summed E-state index contributed by atoms with van der Waals surface area (Å²) in [7, 11) is 0. The number of anilines is 1. The number of nitrogens with zero attached hydrogens (tertiary/aromatic N) is 8. The number of amides is 1. The van der Waals surface area contributed by atoms with E-state index >= 15 is 0 Å². The molecular formula is C31H31N11O2. The van der Waals surface area contributed by atoms with Crippen molar-refractivity contribution in [1.29, 1.82) is 0 Å². The van der Waals surface area contributed by atoms with Crippen LogP contribution in [0.25, 0.3) is 5.65 Å². The molecule has 222 valence electrons. The number of aromatic nitrogens is 5. The molecule has 3 atom stereocenters. The summed E-state index contributed by atoms with van der Waals surface area (Å²) in [6, 6.07) is 13.0. The number of rotatable bonds is 5. The Bertz CT molecular complexity index is 1810. The topological polar surface area (TPSA) is 162 Å². The van der Waals surface area contributed by atoms with Gasteiger partial charge in [0.25, 0.3) is 5.91 Å². The van der Waals surface area contributed by atoms with Crippen molar-refractivity contribution in [2.45, 2.75) is 37.5 Å². The van der Waals surface area contributed by atoms with Gasteiger partial charge in [0.15, 0.2) is 11.3 Å². The van der Waals surface area contributed by atoms with Crippen molar-refractivity contribution >= 4 is 23.1 Å². The van der Waals surface area contributed by atoms with Gasteiger partial charge >= 0.3 is 0 Å². The standard InChI is InChI=1S/C31H31N11O2/c32-30-25(18-21(37-38-30)20-6-1-2-8-26(20)43)40-15-4-7-23-24(40)11-17-41(23)28-10-14-33-27(36-28)9-3-12-35-31(44)22-19-29-34-13-5-16-42(29)39-22/h1-2,5-6,8,10,13-14,16,18-19,23-24,30,38,43H,4,7,11-12,15,17,32H2,(H,35,44). The molecule has 2 fully saturated rings. The molecule has 1 aromatic carbocycles. The lowest BCUT2D eigenvalue weighted by Gasteiger charge is -2.44. The number of fused-ring (bicyclic) bond motifs is 2. The lowest BCUT2D eigenvalue weighted by atomic mass is 9.94. The summed E-state index contributed by atoms with van der Waals surface area (Å²) in [6.07, 6.45) is 9.65. The van der Waals surface area contributed by atoms with Crippen LogP contribution in [0.4, 0.5) is 5.82 Å². The number of likely N-dealkylation sites (tertiary alicyclic amines) is 1. The first-order chi connectivity index (χ1) is 21.5. The van der Waals surface area contributed by atoms with E-state index in [1.54, 1.807) is 47.4 Å². The Morgan fingerprint density at radius 3 is 2.86 bits per heavy atom. The van der Waals surface area contributed by atoms with Gasteiger partial charge < -0.3 is 26.0 Å². The highest BCUT2D eigenvalue weighted by molar-refractivity contribution is 6.11. The summed E-state index contributed by atoms with van der Waals surface area (Å²) in [4.78, 5) is 30.5. The maximum Gasteiger partial charge on any atom is 0.272 e. The van der Waals surface area contributed by atoms with Crippen LogP contribution in [0.2, 0.25) is 0 Å². The van der Waals surface area contributed by atoms with Crippen molar-refractivity contribution in [3.05, 3.63) is 89.9 Å². The third-order valence-electron chi connectivity index (χ3n) is 8.19. The number of nitrogens with one attached hydrogen (secondary N) is 2. The molecular weight excluding hydrogens is 558 g/mol. The minimum Gasteiger partial charge on any atom is -0.507 e. The van der Waals surface area contributed by atoms with Crippen LogP contribution in [-0.2, 0) is 0 Å². The number of carbonyl (C=O) groups is 1. The molecule has 0 aliphatic carbocycles. The zero-order chi connectivity index (χ0) is 30.0. The SMILES string of the molecule is NC1NN=C(c2ccccc2O)C=C1N1CCCC2C1CCN2c1ccnc(C#CCNC(=O)c2cc3ncccn3n2)n1. The molecule has 3 unspecified atom stereocenters. The van der Waals surface area contributed by atoms with E-state index in [0.717, 1.165) is 43.9 Å². The summed E-state index contributed by atoms with van der Waals surface area (Å²) in [6.45, 7) is 1.87. The van der Waals surface area contributed by atoms with Crippen molar-refractivity contribution in [2.24, 2.45) is 10.8 Å². The smallest absolute Gasteiger partial charge is 0.272 e. The molecule has 44 heavy (non-hydrogen) atoms. The van der Waals surface area contributed by atoms with E-state index in [0.29, 0.717) is 22.7 Å². The van der Waals surface area contributed by atoms with Gasteiger partial charge in [0, 0.05) is 43.3 Å².